The summed E-state index contributed by atoms with van der Waals surface area (Å²) in [5.41, 5.74) is 0. The number of unbranched alkanes of at least 4 members (excludes halogenated alkanes) is 26. The van der Waals surface area contributed by atoms with E-state index in [2.05, 4.69) is 6.92 Å². The maximum absolute atomic E-state index is 8.81. The second-order valence-corrected chi connectivity index (χ2v) is 12.7. The molecule has 1 N–H and O–H groups in total. The van der Waals surface area contributed by atoms with Crippen molar-refractivity contribution in [2.24, 2.45) is 5.92 Å². The molecule has 1 atom stereocenters. The van der Waals surface area contributed by atoms with E-state index in [9.17, 15) is 0 Å². The molecule has 0 bridgehead atoms. The lowest BCUT2D eigenvalue weighted by Crippen LogP contribution is -2.02. The maximum atomic E-state index is 8.81. The third-order valence-electron chi connectivity index (χ3n) is 8.98. The van der Waals surface area contributed by atoms with Crippen LogP contribution in [0.4, 0.5) is 0 Å². The first-order chi connectivity index (χ1) is 18.4. The van der Waals surface area contributed by atoms with Crippen LogP contribution in [0.5, 0.6) is 0 Å². The third-order valence-corrected chi connectivity index (χ3v) is 8.98. The van der Waals surface area contributed by atoms with Crippen molar-refractivity contribution in [1.29, 1.82) is 0 Å². The number of hydrogen-bond donors (Lipinski definition) is 1. The quantitative estimate of drug-likeness (QED) is 0.0876. The Morgan fingerprint density at radius 2 is 0.676 bits per heavy atom. The summed E-state index contributed by atoms with van der Waals surface area (Å²) in [4.78, 5) is 0. The van der Waals surface area contributed by atoms with Crippen LogP contribution in [-0.2, 0) is 0 Å². The Morgan fingerprint density at radius 3 is 0.946 bits per heavy atom. The molecule has 221 valence electrons. The Bertz CT molecular complexity index is 415. The smallest absolute Gasteiger partial charge is 0.0431 e. The van der Waals surface area contributed by atoms with Gasteiger partial charge >= 0.3 is 0 Å². The predicted molar refractivity (Wildman–Crippen MR) is 167 cm³/mol. The number of aliphatic hydroxyl groups is 1. The van der Waals surface area contributed by atoms with Crippen LogP contribution in [0.15, 0.2) is 0 Å². The molecule has 1 aliphatic carbocycles. The SMILES string of the molecule is CCCCCCCCCCCCCCCCC(CCCCCCCCCCCCCCCCO)[C]1CC1. The van der Waals surface area contributed by atoms with Gasteiger partial charge in [-0.3, -0.25) is 0 Å². The molecule has 0 spiro atoms. The minimum atomic E-state index is 0.375. The van der Waals surface area contributed by atoms with E-state index in [0.29, 0.717) is 6.61 Å². The van der Waals surface area contributed by atoms with Crippen LogP contribution < -0.4 is 0 Å². The van der Waals surface area contributed by atoms with E-state index >= 15 is 0 Å². The molecule has 1 rings (SSSR count). The molecule has 37 heavy (non-hydrogen) atoms. The Balaban J connectivity index is 1.79. The first-order valence-corrected chi connectivity index (χ1v) is 17.8. The van der Waals surface area contributed by atoms with E-state index in [4.69, 9.17) is 5.11 Å². The normalized spacial score (nSPS) is 14.4. The van der Waals surface area contributed by atoms with Gasteiger partial charge in [-0.1, -0.05) is 180 Å². The number of rotatable bonds is 32. The van der Waals surface area contributed by atoms with Gasteiger partial charge in [0.15, 0.2) is 0 Å². The van der Waals surface area contributed by atoms with E-state index in [-0.39, 0.29) is 0 Å². The maximum Gasteiger partial charge on any atom is 0.0431 e. The molecule has 1 fully saturated rings. The molecule has 1 radical (unpaired) electrons. The molecule has 0 aromatic carbocycles. The van der Waals surface area contributed by atoms with E-state index in [1.54, 1.807) is 0 Å². The lowest BCUT2D eigenvalue weighted by atomic mass is 9.90. The lowest BCUT2D eigenvalue weighted by Gasteiger charge is -2.15. The van der Waals surface area contributed by atoms with E-state index < -0.39 is 0 Å². The number of hydrogen-bond acceptors (Lipinski definition) is 1. The van der Waals surface area contributed by atoms with Crippen LogP contribution in [-0.4, -0.2) is 11.7 Å². The zero-order valence-corrected chi connectivity index (χ0v) is 25.9. The van der Waals surface area contributed by atoms with Crippen molar-refractivity contribution in [2.45, 2.75) is 212 Å². The fourth-order valence-electron chi connectivity index (χ4n) is 6.24. The van der Waals surface area contributed by atoms with Crippen LogP contribution in [0.25, 0.3) is 0 Å². The highest BCUT2D eigenvalue weighted by atomic mass is 16.2. The van der Waals surface area contributed by atoms with Gasteiger partial charge in [-0.25, -0.2) is 0 Å². The molecule has 1 nitrogen and oxygen atoms in total. The highest BCUT2D eigenvalue weighted by Crippen LogP contribution is 2.44. The molecule has 1 heteroatoms. The molecule has 0 aliphatic heterocycles. The second kappa shape index (κ2) is 29.0. The molecular weight excluding hydrogens is 448 g/mol. The Hall–Kier alpha value is -0.0400. The fourth-order valence-corrected chi connectivity index (χ4v) is 6.24. The standard InChI is InChI=1S/C36H71O/c1-2-3-4-5-6-7-8-9-12-15-18-21-24-27-30-35(36-32-33-36)31-28-25-22-19-16-13-10-11-14-17-20-23-26-29-34-37/h35,37H,2-34H2,1H3. The minimum Gasteiger partial charge on any atom is -0.396 e. The first-order valence-electron chi connectivity index (χ1n) is 17.8. The Kier molecular flexibility index (Phi) is 27.4. The van der Waals surface area contributed by atoms with E-state index in [0.717, 1.165) is 12.3 Å². The highest BCUT2D eigenvalue weighted by molar-refractivity contribution is 5.09. The van der Waals surface area contributed by atoms with Gasteiger partial charge in [0.05, 0.1) is 0 Å². The van der Waals surface area contributed by atoms with Crippen molar-refractivity contribution in [3.8, 4) is 0 Å². The third kappa shape index (κ3) is 26.0. The van der Waals surface area contributed by atoms with Crippen molar-refractivity contribution in [2.75, 3.05) is 6.61 Å². The zero-order chi connectivity index (χ0) is 26.5. The van der Waals surface area contributed by atoms with Gasteiger partial charge in [0, 0.05) is 6.61 Å². The molecule has 0 aromatic rings. The van der Waals surface area contributed by atoms with Gasteiger partial charge in [-0.2, -0.15) is 0 Å². The van der Waals surface area contributed by atoms with Crippen LogP contribution >= 0.6 is 0 Å². The minimum absolute atomic E-state index is 0.375. The van der Waals surface area contributed by atoms with Crippen LogP contribution in [0.1, 0.15) is 212 Å². The first kappa shape index (κ1) is 35.0. The van der Waals surface area contributed by atoms with Gasteiger partial charge in [-0.15, -0.1) is 0 Å². The predicted octanol–water partition coefficient (Wildman–Crippen LogP) is 12.7. The second-order valence-electron chi connectivity index (χ2n) is 12.7. The van der Waals surface area contributed by atoms with Crippen molar-refractivity contribution in [3.05, 3.63) is 5.92 Å². The van der Waals surface area contributed by atoms with Crippen LogP contribution in [0, 0.1) is 11.8 Å². The van der Waals surface area contributed by atoms with Crippen molar-refractivity contribution < 1.29 is 5.11 Å². The molecule has 0 heterocycles. The van der Waals surface area contributed by atoms with Crippen LogP contribution in [0.3, 0.4) is 0 Å². The summed E-state index contributed by atoms with van der Waals surface area (Å²) >= 11 is 0. The number of aliphatic hydroxyl groups excluding tert-OH is 1. The molecule has 1 saturated carbocycles. The molecule has 1 aliphatic rings. The summed E-state index contributed by atoms with van der Waals surface area (Å²) in [6, 6.07) is 0. The average Bonchev–Trinajstić information content (AvgIpc) is 3.75. The molecule has 0 saturated heterocycles. The van der Waals surface area contributed by atoms with Gasteiger partial charge < -0.3 is 5.11 Å². The van der Waals surface area contributed by atoms with Crippen molar-refractivity contribution in [3.63, 3.8) is 0 Å². The van der Waals surface area contributed by atoms with Crippen LogP contribution in [0.2, 0.25) is 0 Å². The van der Waals surface area contributed by atoms with Gasteiger partial charge in [0.1, 0.15) is 0 Å². The Labute approximate surface area is 235 Å². The van der Waals surface area contributed by atoms with Crippen molar-refractivity contribution >= 4 is 0 Å². The summed E-state index contributed by atoms with van der Waals surface area (Å²) in [7, 11) is 0. The largest absolute Gasteiger partial charge is 0.396 e. The molecule has 0 amide bonds. The Morgan fingerprint density at radius 1 is 0.405 bits per heavy atom. The summed E-state index contributed by atoms with van der Waals surface area (Å²) < 4.78 is 0. The monoisotopic (exact) mass is 520 g/mol. The average molecular weight is 520 g/mol. The molecular formula is C36H71O. The lowest BCUT2D eigenvalue weighted by molar-refractivity contribution is 0.282. The summed E-state index contributed by atoms with van der Waals surface area (Å²) in [6.45, 7) is 2.68. The fraction of sp³-hybridized carbons (Fsp3) is 0.972. The topological polar surface area (TPSA) is 20.2 Å². The molecule has 1 unspecified atom stereocenters. The van der Waals surface area contributed by atoms with Crippen molar-refractivity contribution in [1.82, 2.24) is 0 Å². The van der Waals surface area contributed by atoms with Gasteiger partial charge in [0.2, 0.25) is 0 Å². The van der Waals surface area contributed by atoms with Gasteiger partial charge in [0.25, 0.3) is 0 Å². The summed E-state index contributed by atoms with van der Waals surface area (Å²) in [5, 5.41) is 8.81. The zero-order valence-electron chi connectivity index (χ0n) is 25.9. The van der Waals surface area contributed by atoms with E-state index in [1.165, 1.54) is 199 Å². The summed E-state index contributed by atoms with van der Waals surface area (Å²) in [6.07, 6.45) is 46.1. The van der Waals surface area contributed by atoms with Gasteiger partial charge in [-0.05, 0) is 43.9 Å². The highest BCUT2D eigenvalue weighted by Gasteiger charge is 2.30. The summed E-state index contributed by atoms with van der Waals surface area (Å²) in [5.74, 6) is 2.93. The molecule has 0 aromatic heterocycles. The van der Waals surface area contributed by atoms with E-state index in [1.807, 2.05) is 5.92 Å².